The summed E-state index contributed by atoms with van der Waals surface area (Å²) in [6.07, 6.45) is 0. The fourth-order valence-electron chi connectivity index (χ4n) is 3.30. The van der Waals surface area contributed by atoms with Crippen molar-refractivity contribution >= 4 is 57.8 Å². The number of rotatable bonds is 6. The number of nitrogens with zero attached hydrogens (tertiary/aromatic N) is 1. The Morgan fingerprint density at radius 1 is 0.697 bits per heavy atom. The number of benzene rings is 2. The number of halogens is 6. The predicted molar refractivity (Wildman–Crippen MR) is 131 cm³/mol. The van der Waals surface area contributed by atoms with Gasteiger partial charge in [-0.25, -0.2) is 0 Å². The van der Waals surface area contributed by atoms with Gasteiger partial charge in [0, 0.05) is 10.0 Å². The van der Waals surface area contributed by atoms with E-state index in [2.05, 4.69) is 24.5 Å². The molecule has 10 heteroatoms. The van der Waals surface area contributed by atoms with Crippen LogP contribution in [0, 0.1) is 13.8 Å². The number of hydrogen-bond donors (Lipinski definition) is 2. The van der Waals surface area contributed by atoms with Crippen LogP contribution < -0.4 is 35.4 Å². The van der Waals surface area contributed by atoms with Crippen molar-refractivity contribution in [1.82, 2.24) is 4.98 Å². The zero-order chi connectivity index (χ0) is 22.0. The fourth-order valence-corrected chi connectivity index (χ4v) is 4.60. The largest absolute Gasteiger partial charge is 2.00 e. The van der Waals surface area contributed by atoms with Gasteiger partial charge in [-0.1, -0.05) is 52.5 Å². The van der Waals surface area contributed by atoms with E-state index in [-0.39, 0.29) is 54.0 Å². The van der Waals surface area contributed by atoms with Crippen molar-refractivity contribution in [3.05, 3.63) is 85.1 Å². The summed E-state index contributed by atoms with van der Waals surface area (Å²) in [5.74, 6) is 0. The van der Waals surface area contributed by atoms with E-state index < -0.39 is 0 Å². The molecule has 0 fully saturated rings. The van der Waals surface area contributed by atoms with Gasteiger partial charge in [0.25, 0.3) is 0 Å². The monoisotopic (exact) mass is 607 g/mol. The standard InChI is InChI=1S/C23H23Cl4N3.2ClH.Fe/c1-12-8-16(24)10-18(26)22(12)28-14(3)20-6-5-7-21(30-20)15(4)29-23-13(2)9-17(25)11-19(23)27;;;/h5-11,14-15,28-29H,1-4H3;2*1H;/q;;;+2/p-2. The zero-order valence-corrected chi connectivity index (χ0v) is 23.9. The van der Waals surface area contributed by atoms with Crippen molar-refractivity contribution in [3.63, 3.8) is 0 Å². The zero-order valence-electron chi connectivity index (χ0n) is 18.3. The Labute approximate surface area is 238 Å². The third-order valence-corrected chi connectivity index (χ3v) is 5.94. The van der Waals surface area contributed by atoms with Gasteiger partial charge >= 0.3 is 17.1 Å². The number of aromatic nitrogens is 1. The van der Waals surface area contributed by atoms with Crippen molar-refractivity contribution in [1.29, 1.82) is 0 Å². The van der Waals surface area contributed by atoms with Crippen molar-refractivity contribution in [3.8, 4) is 0 Å². The van der Waals surface area contributed by atoms with Crippen LogP contribution in [-0.4, -0.2) is 4.98 Å². The molecule has 0 spiro atoms. The molecule has 0 aliphatic heterocycles. The van der Waals surface area contributed by atoms with Gasteiger partial charge in [0.05, 0.1) is 44.9 Å². The maximum Gasteiger partial charge on any atom is 2.00 e. The summed E-state index contributed by atoms with van der Waals surface area (Å²) in [5, 5.41) is 9.32. The summed E-state index contributed by atoms with van der Waals surface area (Å²) in [4.78, 5) is 4.86. The van der Waals surface area contributed by atoms with Crippen LogP contribution in [0.3, 0.4) is 0 Å². The van der Waals surface area contributed by atoms with Crippen LogP contribution in [0.5, 0.6) is 0 Å². The molecule has 1 aromatic heterocycles. The molecule has 3 rings (SSSR count). The van der Waals surface area contributed by atoms with Crippen LogP contribution >= 0.6 is 46.4 Å². The third-order valence-electron chi connectivity index (χ3n) is 4.91. The van der Waals surface area contributed by atoms with Crippen molar-refractivity contribution in [2.24, 2.45) is 0 Å². The molecule has 1 heterocycles. The summed E-state index contributed by atoms with van der Waals surface area (Å²) in [6.45, 7) is 8.05. The van der Waals surface area contributed by atoms with Gasteiger partial charge in [-0.15, -0.1) is 0 Å². The molecule has 0 radical (unpaired) electrons. The van der Waals surface area contributed by atoms with Crippen LogP contribution in [0.4, 0.5) is 11.4 Å². The van der Waals surface area contributed by atoms with Crippen LogP contribution in [0.25, 0.3) is 0 Å². The van der Waals surface area contributed by atoms with E-state index in [0.29, 0.717) is 20.1 Å². The van der Waals surface area contributed by atoms with E-state index in [1.807, 2.05) is 44.2 Å². The first-order valence-electron chi connectivity index (χ1n) is 9.57. The Morgan fingerprint density at radius 3 is 1.39 bits per heavy atom. The van der Waals surface area contributed by atoms with Crippen molar-refractivity contribution in [2.45, 2.75) is 39.8 Å². The molecule has 2 N–H and O–H groups in total. The van der Waals surface area contributed by atoms with E-state index >= 15 is 0 Å². The van der Waals surface area contributed by atoms with Gasteiger partial charge in [0.15, 0.2) is 0 Å². The van der Waals surface area contributed by atoms with E-state index in [9.17, 15) is 0 Å². The molecule has 0 aliphatic carbocycles. The summed E-state index contributed by atoms with van der Waals surface area (Å²) >= 11 is 24.9. The Balaban J connectivity index is 0.00000341. The molecule has 180 valence electrons. The molecule has 33 heavy (non-hydrogen) atoms. The molecule has 2 unspecified atom stereocenters. The average molecular weight is 610 g/mol. The first kappa shape index (κ1) is 32.4. The summed E-state index contributed by atoms with van der Waals surface area (Å²) in [5.41, 5.74) is 5.50. The molecule has 0 saturated heterocycles. The van der Waals surface area contributed by atoms with E-state index in [1.165, 1.54) is 0 Å². The van der Waals surface area contributed by atoms with Gasteiger partial charge in [-0.3, -0.25) is 4.98 Å². The Kier molecular flexibility index (Phi) is 13.9. The van der Waals surface area contributed by atoms with Gasteiger partial charge in [0.2, 0.25) is 0 Å². The van der Waals surface area contributed by atoms with Crippen LogP contribution in [0.1, 0.15) is 48.4 Å². The van der Waals surface area contributed by atoms with E-state index in [0.717, 1.165) is 33.9 Å². The van der Waals surface area contributed by atoms with Gasteiger partial charge in [0.1, 0.15) is 0 Å². The second-order valence-corrected chi connectivity index (χ2v) is 9.07. The fraction of sp³-hybridized carbons (Fsp3) is 0.261. The average Bonchev–Trinajstić information content (AvgIpc) is 2.67. The quantitative estimate of drug-likeness (QED) is 0.422. The second kappa shape index (κ2) is 14.1. The van der Waals surface area contributed by atoms with Gasteiger partial charge in [-0.05, 0) is 75.2 Å². The maximum absolute atomic E-state index is 6.38. The number of hydrogen-bond acceptors (Lipinski definition) is 3. The maximum atomic E-state index is 6.38. The van der Waals surface area contributed by atoms with Gasteiger partial charge < -0.3 is 35.4 Å². The first-order valence-corrected chi connectivity index (χ1v) is 11.1. The van der Waals surface area contributed by atoms with Crippen molar-refractivity contribution in [2.75, 3.05) is 10.6 Å². The smallest absolute Gasteiger partial charge is 1.00 e. The minimum atomic E-state index is -0.0459. The summed E-state index contributed by atoms with van der Waals surface area (Å²) in [7, 11) is 0. The number of anilines is 2. The molecular weight excluding hydrogens is 587 g/mol. The predicted octanol–water partition coefficient (Wildman–Crippen LogP) is 2.66. The van der Waals surface area contributed by atoms with Gasteiger partial charge in [-0.2, -0.15) is 0 Å². The normalized spacial score (nSPS) is 11.9. The third kappa shape index (κ3) is 8.26. The molecule has 2 aromatic carbocycles. The first-order chi connectivity index (χ1) is 14.2. The molecule has 0 aliphatic rings. The molecular formula is C23H23Cl6FeN3. The molecule has 0 bridgehead atoms. The summed E-state index contributed by atoms with van der Waals surface area (Å²) in [6, 6.07) is 13.1. The molecule has 3 aromatic rings. The molecule has 0 amide bonds. The Hall–Kier alpha value is -0.551. The van der Waals surface area contributed by atoms with E-state index in [4.69, 9.17) is 51.4 Å². The summed E-state index contributed by atoms with van der Waals surface area (Å²) < 4.78 is 0. The SMILES string of the molecule is Cc1cc(Cl)cc(Cl)c1NC(C)c1cccc(C(C)Nc2c(C)cc(Cl)cc2Cl)n1.[Cl-].[Cl-].[Fe+2]. The number of nitrogens with one attached hydrogen (secondary N) is 2. The topological polar surface area (TPSA) is 37.0 Å². The van der Waals surface area contributed by atoms with Crippen LogP contribution in [0.15, 0.2) is 42.5 Å². The Bertz CT molecular complexity index is 953. The number of aryl methyl sites for hydroxylation is 2. The van der Waals surface area contributed by atoms with Crippen LogP contribution in [0.2, 0.25) is 20.1 Å². The Morgan fingerprint density at radius 2 is 1.06 bits per heavy atom. The molecule has 0 saturated carbocycles. The minimum Gasteiger partial charge on any atom is -1.00 e. The molecule has 2 atom stereocenters. The second-order valence-electron chi connectivity index (χ2n) is 7.38. The van der Waals surface area contributed by atoms with Crippen LogP contribution in [-0.2, 0) is 17.1 Å². The minimum absolute atomic E-state index is 0. The number of pyridine rings is 1. The van der Waals surface area contributed by atoms with Crippen molar-refractivity contribution < 1.29 is 41.9 Å². The van der Waals surface area contributed by atoms with E-state index in [1.54, 1.807) is 12.1 Å². The molecule has 3 nitrogen and oxygen atoms in total.